The summed E-state index contributed by atoms with van der Waals surface area (Å²) in [6.45, 7) is 1.58. The van der Waals surface area contributed by atoms with Gasteiger partial charge in [0.1, 0.15) is 11.7 Å². The van der Waals surface area contributed by atoms with Crippen molar-refractivity contribution >= 4 is 23.2 Å². The van der Waals surface area contributed by atoms with Crippen molar-refractivity contribution in [2.24, 2.45) is 0 Å². The highest BCUT2D eigenvalue weighted by Gasteiger charge is 2.21. The van der Waals surface area contributed by atoms with Gasteiger partial charge in [-0.25, -0.2) is 9.78 Å². The number of amides is 1. The smallest absolute Gasteiger partial charge is 0.326 e. The van der Waals surface area contributed by atoms with Gasteiger partial charge in [-0.15, -0.1) is 11.3 Å². The normalized spacial score (nSPS) is 12.1. The molecule has 0 saturated carbocycles. The molecule has 0 aliphatic heterocycles. The molecule has 0 aliphatic rings. The van der Waals surface area contributed by atoms with Crippen molar-refractivity contribution in [1.29, 1.82) is 0 Å². The molecular weight excluding hydrogens is 294 g/mol. The molecule has 1 atom stereocenters. The van der Waals surface area contributed by atoms with E-state index in [0.29, 0.717) is 0 Å². The molecule has 0 saturated heterocycles. The third-order valence-electron chi connectivity index (χ3n) is 2.86. The Morgan fingerprint density at radius 1 is 1.52 bits per heavy atom. The number of carbonyl (C=O) groups is 2. The van der Waals surface area contributed by atoms with Gasteiger partial charge in [-0.3, -0.25) is 4.79 Å². The standard InChI is InChI=1S/C13H15N3O4S/c1-7-15-11(6-21-7)8-4-10(14-5-8)12(18)16-9(2-3-17)13(19)20/h4-6,9,14,17H,2-3H2,1H3,(H,16,18)(H,19,20)/t9-/m1/s1. The number of aliphatic carboxylic acids is 1. The summed E-state index contributed by atoms with van der Waals surface area (Å²) >= 11 is 1.51. The maximum atomic E-state index is 12.0. The molecule has 2 rings (SSSR count). The van der Waals surface area contributed by atoms with Crippen LogP contribution in [0.25, 0.3) is 11.3 Å². The van der Waals surface area contributed by atoms with Crippen molar-refractivity contribution in [3.63, 3.8) is 0 Å². The van der Waals surface area contributed by atoms with Crippen LogP contribution in [0.3, 0.4) is 0 Å². The topological polar surface area (TPSA) is 115 Å². The first-order valence-corrected chi connectivity index (χ1v) is 7.14. The second-order valence-electron chi connectivity index (χ2n) is 4.43. The van der Waals surface area contributed by atoms with E-state index in [4.69, 9.17) is 10.2 Å². The number of H-pyrrole nitrogens is 1. The molecule has 21 heavy (non-hydrogen) atoms. The molecule has 4 N–H and O–H groups in total. The number of hydrogen-bond acceptors (Lipinski definition) is 5. The minimum atomic E-state index is -1.18. The molecule has 0 radical (unpaired) electrons. The maximum absolute atomic E-state index is 12.0. The lowest BCUT2D eigenvalue weighted by Gasteiger charge is -2.12. The van der Waals surface area contributed by atoms with E-state index < -0.39 is 17.9 Å². The minimum absolute atomic E-state index is 0.0417. The average Bonchev–Trinajstić information content (AvgIpc) is 3.06. The number of thiazole rings is 1. The Labute approximate surface area is 124 Å². The summed E-state index contributed by atoms with van der Waals surface area (Å²) in [6.07, 6.45) is 1.60. The zero-order chi connectivity index (χ0) is 15.4. The quantitative estimate of drug-likeness (QED) is 0.635. The lowest BCUT2D eigenvalue weighted by molar-refractivity contribution is -0.139. The Hall–Kier alpha value is -2.19. The molecule has 2 heterocycles. The highest BCUT2D eigenvalue weighted by atomic mass is 32.1. The largest absolute Gasteiger partial charge is 0.480 e. The number of nitrogens with zero attached hydrogens (tertiary/aromatic N) is 1. The number of aryl methyl sites for hydroxylation is 1. The van der Waals surface area contributed by atoms with Crippen LogP contribution in [0.4, 0.5) is 0 Å². The van der Waals surface area contributed by atoms with E-state index in [-0.39, 0.29) is 18.7 Å². The predicted molar refractivity (Wildman–Crippen MR) is 77.2 cm³/mol. The number of carboxylic acid groups (broad SMARTS) is 1. The van der Waals surface area contributed by atoms with Gasteiger partial charge in [0.05, 0.1) is 10.7 Å². The van der Waals surface area contributed by atoms with Crippen LogP contribution >= 0.6 is 11.3 Å². The van der Waals surface area contributed by atoms with Gasteiger partial charge in [0, 0.05) is 30.2 Å². The number of rotatable bonds is 6. The molecule has 7 nitrogen and oxygen atoms in total. The Morgan fingerprint density at radius 2 is 2.29 bits per heavy atom. The van der Waals surface area contributed by atoms with Crippen molar-refractivity contribution in [3.05, 3.63) is 28.3 Å². The number of hydrogen-bond donors (Lipinski definition) is 4. The monoisotopic (exact) mass is 309 g/mol. The van der Waals surface area contributed by atoms with Crippen LogP contribution in [0.5, 0.6) is 0 Å². The van der Waals surface area contributed by atoms with Gasteiger partial charge < -0.3 is 20.5 Å². The van der Waals surface area contributed by atoms with Crippen molar-refractivity contribution in [2.75, 3.05) is 6.61 Å². The van der Waals surface area contributed by atoms with E-state index >= 15 is 0 Å². The van der Waals surface area contributed by atoms with E-state index in [0.717, 1.165) is 16.3 Å². The molecule has 1 amide bonds. The lowest BCUT2D eigenvalue weighted by atomic mass is 10.2. The Kier molecular flexibility index (Phi) is 4.71. The van der Waals surface area contributed by atoms with Gasteiger partial charge in [0.25, 0.3) is 5.91 Å². The second kappa shape index (κ2) is 6.51. The number of carboxylic acids is 1. The van der Waals surface area contributed by atoms with Crippen molar-refractivity contribution in [1.82, 2.24) is 15.3 Å². The molecule has 0 fully saturated rings. The van der Waals surface area contributed by atoms with Gasteiger partial charge in [-0.05, 0) is 13.0 Å². The molecule has 2 aromatic rings. The summed E-state index contributed by atoms with van der Waals surface area (Å²) in [5.41, 5.74) is 1.77. The Bertz CT molecular complexity index is 649. The third-order valence-corrected chi connectivity index (χ3v) is 3.64. The fraction of sp³-hybridized carbons (Fsp3) is 0.308. The molecule has 0 aliphatic carbocycles. The van der Waals surface area contributed by atoms with E-state index in [9.17, 15) is 9.59 Å². The van der Waals surface area contributed by atoms with Crippen molar-refractivity contribution in [3.8, 4) is 11.3 Å². The fourth-order valence-electron chi connectivity index (χ4n) is 1.79. The predicted octanol–water partition coefficient (Wildman–Crippen LogP) is 1.01. The lowest BCUT2D eigenvalue weighted by Crippen LogP contribution is -2.41. The van der Waals surface area contributed by atoms with Crippen molar-refractivity contribution < 1.29 is 19.8 Å². The van der Waals surface area contributed by atoms with Gasteiger partial charge >= 0.3 is 5.97 Å². The highest BCUT2D eigenvalue weighted by Crippen LogP contribution is 2.22. The van der Waals surface area contributed by atoms with Crippen LogP contribution in [-0.2, 0) is 4.79 Å². The maximum Gasteiger partial charge on any atom is 0.326 e. The summed E-state index contributed by atoms with van der Waals surface area (Å²) in [4.78, 5) is 30.0. The second-order valence-corrected chi connectivity index (χ2v) is 5.49. The van der Waals surface area contributed by atoms with E-state index in [1.807, 2.05) is 12.3 Å². The fourth-order valence-corrected chi connectivity index (χ4v) is 2.41. The minimum Gasteiger partial charge on any atom is -0.480 e. The van der Waals surface area contributed by atoms with Gasteiger partial charge in [-0.1, -0.05) is 0 Å². The zero-order valence-corrected chi connectivity index (χ0v) is 12.1. The van der Waals surface area contributed by atoms with Gasteiger partial charge in [-0.2, -0.15) is 0 Å². The Morgan fingerprint density at radius 3 is 2.86 bits per heavy atom. The average molecular weight is 309 g/mol. The van der Waals surface area contributed by atoms with Crippen LogP contribution in [0.2, 0.25) is 0 Å². The Balaban J connectivity index is 2.10. The summed E-state index contributed by atoms with van der Waals surface area (Å²) in [6, 6.07) is 0.498. The number of aromatic nitrogens is 2. The van der Waals surface area contributed by atoms with E-state index in [1.165, 1.54) is 11.3 Å². The number of aromatic amines is 1. The highest BCUT2D eigenvalue weighted by molar-refractivity contribution is 7.09. The molecule has 112 valence electrons. The number of nitrogens with one attached hydrogen (secondary N) is 2. The van der Waals surface area contributed by atoms with E-state index in [1.54, 1.807) is 12.3 Å². The van der Waals surface area contributed by atoms with Crippen LogP contribution < -0.4 is 5.32 Å². The molecule has 8 heteroatoms. The SMILES string of the molecule is Cc1nc(-c2c[nH]c(C(=O)N[C@H](CCO)C(=O)O)c2)cs1. The van der Waals surface area contributed by atoms with Crippen LogP contribution in [0, 0.1) is 6.92 Å². The summed E-state index contributed by atoms with van der Waals surface area (Å²) < 4.78 is 0. The van der Waals surface area contributed by atoms with E-state index in [2.05, 4.69) is 15.3 Å². The van der Waals surface area contributed by atoms with Gasteiger partial charge in [0.2, 0.25) is 0 Å². The van der Waals surface area contributed by atoms with Crippen LogP contribution in [0.15, 0.2) is 17.6 Å². The summed E-state index contributed by atoms with van der Waals surface area (Å²) in [7, 11) is 0. The first-order chi connectivity index (χ1) is 10.0. The number of aliphatic hydroxyl groups is 1. The number of carbonyl (C=O) groups excluding carboxylic acids is 1. The summed E-state index contributed by atoms with van der Waals surface area (Å²) in [5, 5.41) is 22.9. The zero-order valence-electron chi connectivity index (χ0n) is 11.3. The van der Waals surface area contributed by atoms with Crippen LogP contribution in [0.1, 0.15) is 21.9 Å². The first-order valence-electron chi connectivity index (χ1n) is 6.26. The number of aliphatic hydroxyl groups excluding tert-OH is 1. The molecule has 0 bridgehead atoms. The molecular formula is C13H15N3O4S. The molecule has 0 spiro atoms. The molecule has 2 aromatic heterocycles. The van der Waals surface area contributed by atoms with Gasteiger partial charge in [0.15, 0.2) is 0 Å². The molecule has 0 aromatic carbocycles. The first kappa shape index (κ1) is 15.2. The molecule has 0 unspecified atom stereocenters. The van der Waals surface area contributed by atoms with Crippen molar-refractivity contribution in [2.45, 2.75) is 19.4 Å². The van der Waals surface area contributed by atoms with Crippen LogP contribution in [-0.4, -0.2) is 44.7 Å². The summed E-state index contributed by atoms with van der Waals surface area (Å²) in [5.74, 6) is -1.71. The third kappa shape index (κ3) is 3.67.